The van der Waals surface area contributed by atoms with Gasteiger partial charge < -0.3 is 5.11 Å². The van der Waals surface area contributed by atoms with Crippen LogP contribution in [0.15, 0.2) is 34.1 Å². The van der Waals surface area contributed by atoms with Crippen molar-refractivity contribution in [2.24, 2.45) is 4.99 Å². The number of aliphatic imine (C=N–C) groups is 1. The van der Waals surface area contributed by atoms with Gasteiger partial charge in [-0.05, 0) is 37.5 Å². The molecular formula is C19H23N3O2S. The van der Waals surface area contributed by atoms with E-state index >= 15 is 0 Å². The molecule has 1 aromatic heterocycles. The van der Waals surface area contributed by atoms with Gasteiger partial charge in [0.2, 0.25) is 0 Å². The highest BCUT2D eigenvalue weighted by molar-refractivity contribution is 8.14. The maximum Gasteiger partial charge on any atom is 0.271 e. The van der Waals surface area contributed by atoms with Crippen molar-refractivity contribution >= 4 is 22.6 Å². The van der Waals surface area contributed by atoms with Gasteiger partial charge in [0.25, 0.3) is 5.56 Å². The predicted octanol–water partition coefficient (Wildman–Crippen LogP) is 4.66. The van der Waals surface area contributed by atoms with Crippen molar-refractivity contribution in [3.8, 4) is 5.75 Å². The van der Waals surface area contributed by atoms with Crippen LogP contribution in [-0.2, 0) is 0 Å². The van der Waals surface area contributed by atoms with Gasteiger partial charge in [-0.15, -0.1) is 0 Å². The van der Waals surface area contributed by atoms with Crippen molar-refractivity contribution in [1.82, 2.24) is 9.78 Å². The van der Waals surface area contributed by atoms with Crippen molar-refractivity contribution in [1.29, 1.82) is 0 Å². The molecule has 2 heterocycles. The van der Waals surface area contributed by atoms with Gasteiger partial charge in [0.05, 0.1) is 21.9 Å². The zero-order valence-electron chi connectivity index (χ0n) is 14.4. The molecule has 4 rings (SSSR count). The molecule has 2 aliphatic rings. The molecule has 0 saturated heterocycles. The summed E-state index contributed by atoms with van der Waals surface area (Å²) < 4.78 is 2.02. The minimum atomic E-state index is -0.129. The maximum absolute atomic E-state index is 12.8. The van der Waals surface area contributed by atoms with Crippen LogP contribution in [0.3, 0.4) is 0 Å². The molecule has 0 amide bonds. The Morgan fingerprint density at radius 2 is 2.00 bits per heavy atom. The summed E-state index contributed by atoms with van der Waals surface area (Å²) in [4.78, 5) is 17.5. The van der Waals surface area contributed by atoms with Crippen LogP contribution in [0.2, 0.25) is 0 Å². The smallest absolute Gasteiger partial charge is 0.271 e. The summed E-state index contributed by atoms with van der Waals surface area (Å²) in [6.07, 6.45) is 7.13. The molecule has 5 nitrogen and oxygen atoms in total. The zero-order chi connectivity index (χ0) is 17.4. The van der Waals surface area contributed by atoms with E-state index in [1.807, 2.05) is 23.7 Å². The van der Waals surface area contributed by atoms with E-state index in [1.54, 1.807) is 23.9 Å². The number of aromatic hydroxyl groups is 1. The molecule has 2 N–H and O–H groups in total. The Morgan fingerprint density at radius 1 is 1.24 bits per heavy atom. The first-order valence-corrected chi connectivity index (χ1v) is 9.87. The molecule has 0 spiro atoms. The van der Waals surface area contributed by atoms with Crippen molar-refractivity contribution in [2.75, 3.05) is 0 Å². The molecule has 1 aromatic carbocycles. The number of hydrogen-bond donors (Lipinski definition) is 2. The highest BCUT2D eigenvalue weighted by atomic mass is 32.2. The SMILES string of the molecule is CC1=Nc2c(c(=O)[nH]n2C2CCCCCC2)C(c2cccc(O)c2)S1. The third-order valence-electron chi connectivity index (χ3n) is 5.11. The van der Waals surface area contributed by atoms with E-state index in [-0.39, 0.29) is 16.6 Å². The quantitative estimate of drug-likeness (QED) is 0.768. The number of benzene rings is 1. The zero-order valence-corrected chi connectivity index (χ0v) is 15.2. The molecule has 6 heteroatoms. The van der Waals surface area contributed by atoms with Crippen LogP contribution in [-0.4, -0.2) is 19.9 Å². The molecule has 0 bridgehead atoms. The van der Waals surface area contributed by atoms with Gasteiger partial charge in [-0.1, -0.05) is 49.6 Å². The number of H-pyrrole nitrogens is 1. The van der Waals surface area contributed by atoms with E-state index in [9.17, 15) is 9.90 Å². The fourth-order valence-corrected chi connectivity index (χ4v) is 5.01. The largest absolute Gasteiger partial charge is 0.508 e. The number of thioether (sulfide) groups is 1. The van der Waals surface area contributed by atoms with Crippen LogP contribution < -0.4 is 5.56 Å². The minimum absolute atomic E-state index is 0.0589. The van der Waals surface area contributed by atoms with Gasteiger partial charge >= 0.3 is 0 Å². The third-order valence-corrected chi connectivity index (χ3v) is 6.29. The fourth-order valence-electron chi connectivity index (χ4n) is 3.91. The molecule has 1 aliphatic carbocycles. The van der Waals surface area contributed by atoms with Gasteiger partial charge in [0, 0.05) is 0 Å². The first-order valence-electron chi connectivity index (χ1n) is 8.99. The Labute approximate surface area is 151 Å². The van der Waals surface area contributed by atoms with Crippen LogP contribution >= 0.6 is 11.8 Å². The second-order valence-electron chi connectivity index (χ2n) is 6.92. The van der Waals surface area contributed by atoms with E-state index < -0.39 is 0 Å². The van der Waals surface area contributed by atoms with Crippen LogP contribution in [0.5, 0.6) is 5.75 Å². The Kier molecular flexibility index (Phi) is 4.46. The lowest BCUT2D eigenvalue weighted by Crippen LogP contribution is -2.13. The number of rotatable bonds is 2. The summed E-state index contributed by atoms with van der Waals surface area (Å²) in [7, 11) is 0. The molecule has 25 heavy (non-hydrogen) atoms. The highest BCUT2D eigenvalue weighted by Crippen LogP contribution is 2.45. The number of hydrogen-bond acceptors (Lipinski definition) is 4. The van der Waals surface area contributed by atoms with Gasteiger partial charge in [-0.2, -0.15) is 0 Å². The number of nitrogens with zero attached hydrogens (tertiary/aromatic N) is 2. The Morgan fingerprint density at radius 3 is 2.72 bits per heavy atom. The van der Waals surface area contributed by atoms with E-state index in [2.05, 4.69) is 5.10 Å². The number of phenols is 1. The summed E-state index contributed by atoms with van der Waals surface area (Å²) in [5.74, 6) is 1.00. The van der Waals surface area contributed by atoms with Crippen molar-refractivity contribution in [3.05, 3.63) is 45.7 Å². The second kappa shape index (κ2) is 6.75. The minimum Gasteiger partial charge on any atom is -0.508 e. The van der Waals surface area contributed by atoms with Crippen molar-refractivity contribution in [3.63, 3.8) is 0 Å². The van der Waals surface area contributed by atoms with Gasteiger partial charge in [0.15, 0.2) is 5.82 Å². The number of phenolic OH excluding ortho intramolecular Hbond substituents is 1. The van der Waals surface area contributed by atoms with Gasteiger partial charge in [-0.25, -0.2) is 4.99 Å². The van der Waals surface area contributed by atoms with Crippen molar-refractivity contribution < 1.29 is 5.11 Å². The first kappa shape index (κ1) is 16.5. The Balaban J connectivity index is 1.80. The lowest BCUT2D eigenvalue weighted by atomic mass is 10.1. The second-order valence-corrected chi connectivity index (χ2v) is 8.22. The number of aromatic nitrogens is 2. The monoisotopic (exact) mass is 357 g/mol. The van der Waals surface area contributed by atoms with Crippen LogP contribution in [0.1, 0.15) is 67.9 Å². The summed E-state index contributed by atoms with van der Waals surface area (Å²) in [6, 6.07) is 7.50. The summed E-state index contributed by atoms with van der Waals surface area (Å²) in [5, 5.41) is 13.7. The predicted molar refractivity (Wildman–Crippen MR) is 102 cm³/mol. The Bertz CT molecular complexity index is 860. The molecular weight excluding hydrogens is 334 g/mol. The summed E-state index contributed by atoms with van der Waals surface area (Å²) >= 11 is 1.57. The molecule has 1 unspecified atom stereocenters. The Hall–Kier alpha value is -1.95. The average molecular weight is 357 g/mol. The lowest BCUT2D eigenvalue weighted by Gasteiger charge is -2.23. The topological polar surface area (TPSA) is 70.4 Å². The molecule has 1 saturated carbocycles. The molecule has 1 atom stereocenters. The van der Waals surface area contributed by atoms with E-state index in [1.165, 1.54) is 25.7 Å². The fraction of sp³-hybridized carbons (Fsp3) is 0.474. The molecule has 2 aromatic rings. The molecule has 132 valence electrons. The lowest BCUT2D eigenvalue weighted by molar-refractivity contribution is 0.407. The maximum atomic E-state index is 12.8. The first-order chi connectivity index (χ1) is 12.1. The molecule has 0 radical (unpaired) electrons. The van der Waals surface area contributed by atoms with Crippen LogP contribution in [0.4, 0.5) is 5.82 Å². The summed E-state index contributed by atoms with van der Waals surface area (Å²) in [5.41, 5.74) is 1.59. The van der Waals surface area contributed by atoms with E-state index in [0.29, 0.717) is 11.6 Å². The number of fused-ring (bicyclic) bond motifs is 1. The highest BCUT2D eigenvalue weighted by Gasteiger charge is 2.32. The van der Waals surface area contributed by atoms with Crippen LogP contribution in [0.25, 0.3) is 0 Å². The van der Waals surface area contributed by atoms with Crippen LogP contribution in [0, 0.1) is 0 Å². The number of aromatic amines is 1. The van der Waals surface area contributed by atoms with E-state index in [0.717, 1.165) is 29.3 Å². The van der Waals surface area contributed by atoms with Gasteiger partial charge in [-0.3, -0.25) is 14.6 Å². The average Bonchev–Trinajstić information content (AvgIpc) is 2.78. The number of nitrogens with one attached hydrogen (secondary N) is 1. The normalized spacial score (nSPS) is 21.5. The summed E-state index contributed by atoms with van der Waals surface area (Å²) in [6.45, 7) is 1.98. The standard InChI is InChI=1S/C19H23N3O2S/c1-12-20-18-16(17(25-12)13-7-6-10-15(23)11-13)19(24)21-22(18)14-8-4-2-3-5-9-14/h6-7,10-11,14,17,23H,2-5,8-9H2,1H3,(H,21,24). The molecule has 1 aliphatic heterocycles. The van der Waals surface area contributed by atoms with Crippen molar-refractivity contribution in [2.45, 2.75) is 56.7 Å². The molecule has 1 fully saturated rings. The van der Waals surface area contributed by atoms with E-state index in [4.69, 9.17) is 4.99 Å². The van der Waals surface area contributed by atoms with Gasteiger partial charge in [0.1, 0.15) is 5.75 Å². The third kappa shape index (κ3) is 3.15.